The molecule has 14 heteroatoms. The van der Waals surface area contributed by atoms with Crippen molar-refractivity contribution in [3.8, 4) is 11.5 Å². The summed E-state index contributed by atoms with van der Waals surface area (Å²) in [7, 11) is 0. The Hall–Kier alpha value is -4.40. The van der Waals surface area contributed by atoms with Gasteiger partial charge in [0.05, 0.1) is 22.4 Å². The smallest absolute Gasteiger partial charge is 0.331 e. The number of thiophene rings is 1. The molecule has 2 aliphatic rings. The second-order valence-corrected chi connectivity index (χ2v) is 12.8. The van der Waals surface area contributed by atoms with Crippen LogP contribution in [0.2, 0.25) is 0 Å². The Labute approximate surface area is 264 Å². The van der Waals surface area contributed by atoms with E-state index in [1.807, 2.05) is 6.07 Å². The van der Waals surface area contributed by atoms with E-state index in [9.17, 15) is 23.1 Å². The number of nitrogens with one attached hydrogen (secondary N) is 2. The first-order chi connectivity index (χ1) is 21.7. The molecule has 4 aromatic rings. The second kappa shape index (κ2) is 12.9. The van der Waals surface area contributed by atoms with Crippen LogP contribution in [0.15, 0.2) is 54.7 Å². The number of hydrogen-bond acceptors (Lipinski definition) is 8. The van der Waals surface area contributed by atoms with Crippen molar-refractivity contribution in [3.05, 3.63) is 71.0 Å². The van der Waals surface area contributed by atoms with Crippen molar-refractivity contribution in [3.63, 3.8) is 0 Å². The molecule has 234 valence electrons. The number of carbonyl (C=O) groups excluding carboxylic acids is 3. The van der Waals surface area contributed by atoms with Crippen LogP contribution in [-0.2, 0) is 15.9 Å². The standard InChI is InChI=1S/C31H30FN5O6S2/c1-18-21(11-12-23(26(18)32)43-20-8-3-2-4-9-20)37-22-13-14-33-30-25(22)27(35-31(37)40)28(44-30)29(39)34-19-7-5-15-36(17-19)24(38)10-6-16-45(41)42/h2-4,8-9,11-14,19H,5-7,10,15-17H2,1H3,(H,34,39)(H,35,40)(H,41,42)/p-1/t19-/m1/s1. The third kappa shape index (κ3) is 6.26. The molecular formula is C31H29FN5O6S2-. The highest BCUT2D eigenvalue weighted by molar-refractivity contribution is 7.79. The zero-order valence-corrected chi connectivity index (χ0v) is 25.8. The number of likely N-dealkylation sites (tertiary alicyclic amines) is 1. The number of para-hydroxylation sites is 1. The molecule has 2 aromatic carbocycles. The predicted octanol–water partition coefficient (Wildman–Crippen LogP) is 5.60. The van der Waals surface area contributed by atoms with Crippen molar-refractivity contribution >= 4 is 67.5 Å². The largest absolute Gasteiger partial charge is 0.772 e. The minimum Gasteiger partial charge on any atom is -0.772 e. The minimum absolute atomic E-state index is 0.0248. The molecule has 0 aliphatic carbocycles. The van der Waals surface area contributed by atoms with Crippen LogP contribution in [0.4, 0.5) is 26.2 Å². The first-order valence-electron chi connectivity index (χ1n) is 14.4. The lowest BCUT2D eigenvalue weighted by atomic mass is 10.0. The van der Waals surface area contributed by atoms with Crippen LogP contribution in [-0.4, -0.2) is 61.4 Å². The van der Waals surface area contributed by atoms with Gasteiger partial charge in [0.2, 0.25) is 5.91 Å². The molecule has 0 spiro atoms. The lowest BCUT2D eigenvalue weighted by Gasteiger charge is -2.33. The Morgan fingerprint density at radius 1 is 1.20 bits per heavy atom. The van der Waals surface area contributed by atoms with Gasteiger partial charge in [-0.05, 0) is 56.5 Å². The molecule has 11 nitrogen and oxygen atoms in total. The van der Waals surface area contributed by atoms with Crippen molar-refractivity contribution in [2.75, 3.05) is 29.1 Å². The number of benzene rings is 2. The average Bonchev–Trinajstić information content (AvgIpc) is 3.40. The van der Waals surface area contributed by atoms with Gasteiger partial charge in [-0.15, -0.1) is 11.3 Å². The molecular weight excluding hydrogens is 622 g/mol. The summed E-state index contributed by atoms with van der Waals surface area (Å²) in [5.41, 5.74) is 1.31. The summed E-state index contributed by atoms with van der Waals surface area (Å²) in [6, 6.07) is 12.7. The fourth-order valence-corrected chi connectivity index (χ4v) is 7.04. The van der Waals surface area contributed by atoms with Crippen molar-refractivity contribution in [1.82, 2.24) is 15.2 Å². The molecule has 4 heterocycles. The summed E-state index contributed by atoms with van der Waals surface area (Å²) in [5.74, 6) is -0.730. The number of rotatable bonds is 9. The van der Waals surface area contributed by atoms with E-state index in [0.29, 0.717) is 59.0 Å². The van der Waals surface area contributed by atoms with Crippen LogP contribution < -0.4 is 20.3 Å². The quantitative estimate of drug-likeness (QED) is 0.225. The van der Waals surface area contributed by atoms with Gasteiger partial charge >= 0.3 is 6.03 Å². The van der Waals surface area contributed by atoms with E-state index in [2.05, 4.69) is 15.6 Å². The van der Waals surface area contributed by atoms with E-state index < -0.39 is 28.8 Å². The predicted molar refractivity (Wildman–Crippen MR) is 169 cm³/mol. The summed E-state index contributed by atoms with van der Waals surface area (Å²) in [6.07, 6.45) is 3.26. The normalized spacial score (nSPS) is 16.8. The third-order valence-corrected chi connectivity index (χ3v) is 9.52. The summed E-state index contributed by atoms with van der Waals surface area (Å²) in [6.45, 7) is 2.42. The zero-order chi connectivity index (χ0) is 31.7. The zero-order valence-electron chi connectivity index (χ0n) is 24.2. The molecule has 0 bridgehead atoms. The summed E-state index contributed by atoms with van der Waals surface area (Å²) in [4.78, 5) is 48.0. The lowest BCUT2D eigenvalue weighted by molar-refractivity contribution is -0.132. The molecule has 0 saturated carbocycles. The fraction of sp³-hybridized carbons (Fsp3) is 0.290. The summed E-state index contributed by atoms with van der Waals surface area (Å²) >= 11 is -1.06. The van der Waals surface area contributed by atoms with Gasteiger partial charge < -0.3 is 24.8 Å². The van der Waals surface area contributed by atoms with Gasteiger partial charge in [0.15, 0.2) is 11.6 Å². The molecule has 1 unspecified atom stereocenters. The monoisotopic (exact) mass is 650 g/mol. The van der Waals surface area contributed by atoms with Gasteiger partial charge in [-0.2, -0.15) is 0 Å². The van der Waals surface area contributed by atoms with Gasteiger partial charge in [-0.3, -0.25) is 18.7 Å². The van der Waals surface area contributed by atoms with E-state index in [0.717, 1.165) is 11.3 Å². The first kappa shape index (κ1) is 30.6. The van der Waals surface area contributed by atoms with Crippen LogP contribution in [0, 0.1) is 12.7 Å². The van der Waals surface area contributed by atoms with Crippen LogP contribution in [0.5, 0.6) is 11.5 Å². The molecule has 0 radical (unpaired) electrons. The Balaban J connectivity index is 1.23. The van der Waals surface area contributed by atoms with Crippen LogP contribution in [0.25, 0.3) is 10.2 Å². The van der Waals surface area contributed by atoms with E-state index in [-0.39, 0.29) is 46.7 Å². The maximum Gasteiger partial charge on any atom is 0.331 e. The molecule has 2 atom stereocenters. The highest BCUT2D eigenvalue weighted by Crippen LogP contribution is 2.47. The summed E-state index contributed by atoms with van der Waals surface area (Å²) in [5, 5.41) is 6.39. The Morgan fingerprint density at radius 3 is 2.78 bits per heavy atom. The molecule has 2 aromatic heterocycles. The number of piperidine rings is 1. The highest BCUT2D eigenvalue weighted by atomic mass is 32.2. The molecule has 4 amide bonds. The number of nitrogens with zero attached hydrogens (tertiary/aromatic N) is 3. The van der Waals surface area contributed by atoms with Gasteiger partial charge in [0.1, 0.15) is 15.5 Å². The Kier molecular flexibility index (Phi) is 8.79. The first-order valence-corrected chi connectivity index (χ1v) is 16.5. The van der Waals surface area contributed by atoms with Crippen molar-refractivity contribution in [1.29, 1.82) is 0 Å². The molecule has 1 saturated heterocycles. The maximum absolute atomic E-state index is 15.5. The molecule has 6 rings (SSSR count). The van der Waals surface area contributed by atoms with Gasteiger partial charge in [0.25, 0.3) is 5.91 Å². The fourth-order valence-electron chi connectivity index (χ4n) is 5.64. The van der Waals surface area contributed by atoms with Crippen LogP contribution in [0.3, 0.4) is 0 Å². The molecule has 2 N–H and O–H groups in total. The number of hydrogen-bond donors (Lipinski definition) is 2. The van der Waals surface area contributed by atoms with E-state index in [1.54, 1.807) is 48.2 Å². The van der Waals surface area contributed by atoms with Gasteiger partial charge in [-0.25, -0.2) is 14.2 Å². The van der Waals surface area contributed by atoms with Gasteiger partial charge in [0, 0.05) is 43.1 Å². The number of ether oxygens (including phenoxy) is 1. The minimum atomic E-state index is -2.19. The van der Waals surface area contributed by atoms with Crippen molar-refractivity contribution < 1.29 is 32.3 Å². The molecule has 45 heavy (non-hydrogen) atoms. The number of carbonyl (C=O) groups is 3. The van der Waals surface area contributed by atoms with E-state index in [1.165, 1.54) is 17.2 Å². The van der Waals surface area contributed by atoms with Crippen LogP contribution >= 0.6 is 11.3 Å². The van der Waals surface area contributed by atoms with E-state index in [4.69, 9.17) is 4.74 Å². The SMILES string of the molecule is Cc1c(N2C(=O)Nc3c(C(=O)N[C@@H]4CCCN(C(=O)CCCS(=O)[O-])C4)sc4nccc2c34)ccc(Oc2ccccc2)c1F. The number of anilines is 3. The topological polar surface area (TPSA) is 144 Å². The summed E-state index contributed by atoms with van der Waals surface area (Å²) < 4.78 is 42.8. The van der Waals surface area contributed by atoms with Crippen LogP contribution in [0.1, 0.15) is 40.9 Å². The Bertz CT molecular complexity index is 1820. The number of pyridine rings is 1. The number of amides is 4. The molecule has 1 fully saturated rings. The highest BCUT2D eigenvalue weighted by Gasteiger charge is 2.35. The number of urea groups is 1. The third-order valence-electron chi connectivity index (χ3n) is 7.80. The second-order valence-electron chi connectivity index (χ2n) is 10.8. The number of halogens is 1. The average molecular weight is 651 g/mol. The Morgan fingerprint density at radius 2 is 2.00 bits per heavy atom. The number of aromatic nitrogens is 1. The van der Waals surface area contributed by atoms with E-state index >= 15 is 4.39 Å². The molecule has 2 aliphatic heterocycles. The maximum atomic E-state index is 15.5. The van der Waals surface area contributed by atoms with Crippen molar-refractivity contribution in [2.45, 2.75) is 38.6 Å². The van der Waals surface area contributed by atoms with Crippen molar-refractivity contribution in [2.24, 2.45) is 0 Å². The lowest BCUT2D eigenvalue weighted by Crippen LogP contribution is -2.49. The van der Waals surface area contributed by atoms with Gasteiger partial charge in [-0.1, -0.05) is 29.3 Å².